The van der Waals surface area contributed by atoms with Crippen molar-refractivity contribution in [1.29, 1.82) is 0 Å². The van der Waals surface area contributed by atoms with Gasteiger partial charge in [-0.2, -0.15) is 13.2 Å². The number of alkyl halides is 3. The lowest BCUT2D eigenvalue weighted by Gasteiger charge is -2.22. The van der Waals surface area contributed by atoms with Gasteiger partial charge in [0.05, 0.1) is 5.56 Å². The Morgan fingerprint density at radius 3 is 0.919 bits per heavy atom. The fraction of sp³-hybridized carbons (Fsp3) is 0.169. The molecule has 9 rings (SSSR count). The molecule has 9 heteroatoms. The van der Waals surface area contributed by atoms with Gasteiger partial charge in [-0.05, 0) is 217 Å². The van der Waals surface area contributed by atoms with Gasteiger partial charge in [-0.3, -0.25) is 0 Å². The van der Waals surface area contributed by atoms with Crippen LogP contribution >= 0.6 is 35.3 Å². The standard InChI is InChI=1S/2C22H23NS.C21H18F3NS/c1-16-5-10-20(11-6-16)24-21-12-8-19(9-13-21)23(4)22-14-7-17(2)15-18(22)3;1-16-5-11-21(12-6-16)24-22-13-9-19(10-14-22)23(4)20-8-7-17(2)18(3)15-20;1-15-3-11-19(12-4-15)26-20-13-9-18(10-14-20)25(2)17-7-5-16(6-8-17)21(22,23)24/h2*5-15H,1-4H3;3-14H,1-2H3. The molecule has 0 spiro atoms. The van der Waals surface area contributed by atoms with E-state index in [9.17, 15) is 13.2 Å². The van der Waals surface area contributed by atoms with Gasteiger partial charge in [0.1, 0.15) is 0 Å². The maximum Gasteiger partial charge on any atom is 0.416 e. The number of hydrogen-bond donors (Lipinski definition) is 0. The van der Waals surface area contributed by atoms with E-state index in [-0.39, 0.29) is 0 Å². The highest BCUT2D eigenvalue weighted by atomic mass is 32.2. The van der Waals surface area contributed by atoms with Gasteiger partial charge >= 0.3 is 6.18 Å². The molecular formula is C65H64F3N3S3. The van der Waals surface area contributed by atoms with Crippen LogP contribution in [0.1, 0.15) is 44.5 Å². The average molecular weight is 1040 g/mol. The Labute approximate surface area is 450 Å². The van der Waals surface area contributed by atoms with Crippen molar-refractivity contribution >= 4 is 69.4 Å². The van der Waals surface area contributed by atoms with Crippen molar-refractivity contribution in [3.8, 4) is 0 Å². The summed E-state index contributed by atoms with van der Waals surface area (Å²) < 4.78 is 38.0. The quantitative estimate of drug-likeness (QED) is 0.120. The summed E-state index contributed by atoms with van der Waals surface area (Å²) >= 11 is 5.27. The van der Waals surface area contributed by atoms with Crippen molar-refractivity contribution < 1.29 is 13.2 Å². The molecule has 0 saturated heterocycles. The van der Waals surface area contributed by atoms with Crippen LogP contribution in [-0.4, -0.2) is 21.1 Å². The third-order valence-electron chi connectivity index (χ3n) is 12.6. The molecule has 0 fully saturated rings. The smallest absolute Gasteiger partial charge is 0.345 e. The van der Waals surface area contributed by atoms with Gasteiger partial charge in [-0.25, -0.2) is 0 Å². The first kappa shape index (κ1) is 55.0. The van der Waals surface area contributed by atoms with Crippen molar-refractivity contribution in [2.45, 2.75) is 84.0 Å². The van der Waals surface area contributed by atoms with Gasteiger partial charge in [-0.1, -0.05) is 112 Å². The van der Waals surface area contributed by atoms with Crippen molar-refractivity contribution in [3.63, 3.8) is 0 Å². The first-order valence-electron chi connectivity index (χ1n) is 24.5. The Hall–Kier alpha value is -6.78. The number of rotatable bonds is 12. The number of anilines is 6. The van der Waals surface area contributed by atoms with Crippen LogP contribution in [0.2, 0.25) is 0 Å². The third-order valence-corrected chi connectivity index (χ3v) is 15.7. The second-order valence-corrected chi connectivity index (χ2v) is 21.9. The summed E-state index contributed by atoms with van der Waals surface area (Å²) in [6, 6.07) is 69.5. The van der Waals surface area contributed by atoms with Crippen molar-refractivity contribution in [3.05, 3.63) is 251 Å². The van der Waals surface area contributed by atoms with Crippen LogP contribution in [0.5, 0.6) is 0 Å². The van der Waals surface area contributed by atoms with Crippen LogP contribution in [0.15, 0.2) is 236 Å². The summed E-state index contributed by atoms with van der Waals surface area (Å²) in [5.74, 6) is 0. The Morgan fingerprint density at radius 1 is 0.284 bits per heavy atom. The van der Waals surface area contributed by atoms with E-state index in [4.69, 9.17) is 0 Å². The average Bonchev–Trinajstić information content (AvgIpc) is 3.39. The van der Waals surface area contributed by atoms with Crippen molar-refractivity contribution in [1.82, 2.24) is 0 Å². The zero-order valence-corrected chi connectivity index (χ0v) is 46.3. The van der Waals surface area contributed by atoms with E-state index >= 15 is 0 Å². The summed E-state index contributed by atoms with van der Waals surface area (Å²) in [7, 11) is 6.08. The zero-order valence-electron chi connectivity index (χ0n) is 43.8. The first-order valence-corrected chi connectivity index (χ1v) is 26.9. The molecule has 9 aromatic carbocycles. The second-order valence-electron chi connectivity index (χ2n) is 18.5. The second kappa shape index (κ2) is 25.4. The number of nitrogens with zero attached hydrogens (tertiary/aromatic N) is 3. The first-order chi connectivity index (χ1) is 35.4. The molecule has 0 aromatic heterocycles. The Bertz CT molecular complexity index is 3190. The van der Waals surface area contributed by atoms with Crippen LogP contribution in [-0.2, 0) is 6.18 Å². The van der Waals surface area contributed by atoms with Gasteiger partial charge in [-0.15, -0.1) is 0 Å². The molecule has 0 atom stereocenters. The number of halogens is 3. The summed E-state index contributed by atoms with van der Waals surface area (Å²) in [6.45, 7) is 14.9. The van der Waals surface area contributed by atoms with Gasteiger partial charge in [0, 0.05) is 84.6 Å². The van der Waals surface area contributed by atoms with Crippen LogP contribution < -0.4 is 14.7 Å². The normalized spacial score (nSPS) is 10.9. The van der Waals surface area contributed by atoms with E-state index in [1.54, 1.807) is 35.3 Å². The van der Waals surface area contributed by atoms with E-state index in [2.05, 4.69) is 230 Å². The molecular weight excluding hydrogens is 976 g/mol. The van der Waals surface area contributed by atoms with Crippen LogP contribution in [0, 0.1) is 48.5 Å². The summed E-state index contributed by atoms with van der Waals surface area (Å²) in [5, 5.41) is 0. The Kier molecular flexibility index (Phi) is 18.9. The Morgan fingerprint density at radius 2 is 0.581 bits per heavy atom. The van der Waals surface area contributed by atoms with Crippen LogP contribution in [0.3, 0.4) is 0 Å². The van der Waals surface area contributed by atoms with Gasteiger partial charge in [0.2, 0.25) is 0 Å². The number of benzene rings is 9. The summed E-state index contributed by atoms with van der Waals surface area (Å²) in [6.07, 6.45) is -4.31. The van der Waals surface area contributed by atoms with Crippen molar-refractivity contribution in [2.24, 2.45) is 0 Å². The lowest BCUT2D eigenvalue weighted by Crippen LogP contribution is -2.10. The molecule has 0 radical (unpaired) electrons. The molecule has 0 aliphatic carbocycles. The molecule has 9 aromatic rings. The minimum Gasteiger partial charge on any atom is -0.345 e. The van der Waals surface area contributed by atoms with E-state index in [1.165, 1.54) is 98.3 Å². The summed E-state index contributed by atoms with van der Waals surface area (Å²) in [4.78, 5) is 13.7. The molecule has 3 nitrogen and oxygen atoms in total. The summed E-state index contributed by atoms with van der Waals surface area (Å²) in [5.41, 5.74) is 14.9. The molecule has 0 saturated carbocycles. The number of hydrogen-bond acceptors (Lipinski definition) is 6. The fourth-order valence-electron chi connectivity index (χ4n) is 7.87. The lowest BCUT2D eigenvalue weighted by atomic mass is 10.1. The molecule has 378 valence electrons. The highest BCUT2D eigenvalue weighted by Crippen LogP contribution is 2.36. The van der Waals surface area contributed by atoms with Gasteiger partial charge in [0.25, 0.3) is 0 Å². The van der Waals surface area contributed by atoms with E-state index in [0.29, 0.717) is 5.69 Å². The number of aryl methyl sites for hydroxylation is 7. The lowest BCUT2D eigenvalue weighted by molar-refractivity contribution is -0.137. The topological polar surface area (TPSA) is 9.72 Å². The molecule has 74 heavy (non-hydrogen) atoms. The Balaban J connectivity index is 0.000000162. The minimum atomic E-state index is -4.31. The minimum absolute atomic E-state index is 0.639. The zero-order chi connectivity index (χ0) is 52.9. The van der Waals surface area contributed by atoms with E-state index in [0.717, 1.165) is 22.7 Å². The van der Waals surface area contributed by atoms with E-state index in [1.807, 2.05) is 36.2 Å². The van der Waals surface area contributed by atoms with Gasteiger partial charge < -0.3 is 14.7 Å². The molecule has 0 aliphatic rings. The molecule has 0 heterocycles. The molecule has 0 bridgehead atoms. The predicted molar refractivity (Wildman–Crippen MR) is 313 cm³/mol. The molecule has 0 amide bonds. The van der Waals surface area contributed by atoms with Crippen LogP contribution in [0.25, 0.3) is 0 Å². The monoisotopic (exact) mass is 1040 g/mol. The largest absolute Gasteiger partial charge is 0.416 e. The maximum atomic E-state index is 12.7. The SMILES string of the molecule is Cc1ccc(Sc2ccc(N(C)c3ccc(C(F)(F)F)cc3)cc2)cc1.Cc1ccc(Sc2ccc(N(C)c3ccc(C)c(C)c3)cc2)cc1.Cc1ccc(Sc2ccc(N(C)c3ccc(C)cc3C)cc2)cc1. The molecule has 0 N–H and O–H groups in total. The molecule has 0 unspecified atom stereocenters. The van der Waals surface area contributed by atoms with Gasteiger partial charge in [0.15, 0.2) is 0 Å². The predicted octanol–water partition coefficient (Wildman–Crippen LogP) is 20.0. The van der Waals surface area contributed by atoms with Crippen molar-refractivity contribution in [2.75, 3.05) is 35.8 Å². The highest BCUT2D eigenvalue weighted by Gasteiger charge is 2.30. The third kappa shape index (κ3) is 15.6. The van der Waals surface area contributed by atoms with E-state index < -0.39 is 11.7 Å². The fourth-order valence-corrected chi connectivity index (χ4v) is 10.3. The molecule has 0 aliphatic heterocycles. The maximum absolute atomic E-state index is 12.7. The highest BCUT2D eigenvalue weighted by molar-refractivity contribution is 7.99. The van der Waals surface area contributed by atoms with Crippen LogP contribution in [0.4, 0.5) is 47.3 Å².